The predicted molar refractivity (Wildman–Crippen MR) is 154 cm³/mol. The Hall–Kier alpha value is 1.90. The lowest BCUT2D eigenvalue weighted by Crippen LogP contribution is -2.50. The Kier molecular flexibility index (Phi) is 8.80. The fourth-order valence-corrected chi connectivity index (χ4v) is 88.3. The van der Waals surface area contributed by atoms with Crippen LogP contribution in [0.15, 0.2) is 0 Å². The van der Waals surface area contributed by atoms with E-state index in [2.05, 4.69) is 121 Å². The van der Waals surface area contributed by atoms with Gasteiger partial charge in [0.25, 0.3) is 0 Å². The fraction of sp³-hybridized carbons (Fsp3) is 0.895. The van der Waals surface area contributed by atoms with Crippen LogP contribution in [0.3, 0.4) is 0 Å². The summed E-state index contributed by atoms with van der Waals surface area (Å²) >= 11 is 0. The molecule has 0 saturated heterocycles. The molecule has 0 aliphatic carbocycles. The normalized spacial score (nSPS) is 15.5. The Labute approximate surface area is 173 Å². The second-order valence-corrected chi connectivity index (χ2v) is 53.7. The van der Waals surface area contributed by atoms with Gasteiger partial charge in [-0.25, -0.2) is 0 Å². The first-order valence-electron chi connectivity index (χ1n) is 10.1. The molecule has 0 aromatic carbocycles. The van der Waals surface area contributed by atoms with Gasteiger partial charge in [-0.1, -0.05) is 108 Å². The van der Waals surface area contributed by atoms with Gasteiger partial charge >= 0.3 is 0 Å². The second kappa shape index (κ2) is 8.20. The molecule has 0 atom stereocenters. The molecule has 158 valence electrons. The van der Waals surface area contributed by atoms with Crippen LogP contribution in [0.4, 0.5) is 0 Å². The van der Waals surface area contributed by atoms with Gasteiger partial charge < -0.3 is 0 Å². The zero-order valence-corrected chi connectivity index (χ0v) is 28.0. The highest BCUT2D eigenvalue weighted by molar-refractivity contribution is 8.69. The molecule has 0 aromatic rings. The Morgan fingerprint density at radius 1 is 0.462 bits per heavy atom. The van der Waals surface area contributed by atoms with E-state index >= 15 is 0 Å². The molecule has 0 nitrogen and oxygen atoms in total. The molecule has 0 aromatic heterocycles. The highest BCUT2D eigenvalue weighted by Gasteiger charge is 2.42. The van der Waals surface area contributed by atoms with E-state index in [4.69, 9.17) is 0 Å². The lowest BCUT2D eigenvalue weighted by atomic mass is 11.7. The first-order valence-corrected chi connectivity index (χ1v) is 32.6. The van der Waals surface area contributed by atoms with Crippen LogP contribution in [0.5, 0.6) is 0 Å². The molecular formula is C19H51P3Si4. The van der Waals surface area contributed by atoms with Crippen LogP contribution in [0, 0.1) is 0 Å². The van der Waals surface area contributed by atoms with E-state index in [0.29, 0.717) is 0 Å². The van der Waals surface area contributed by atoms with Crippen molar-refractivity contribution < 1.29 is 0 Å². The summed E-state index contributed by atoms with van der Waals surface area (Å²) in [5.74, 6) is 0. The summed E-state index contributed by atoms with van der Waals surface area (Å²) in [7, 11) is -4.92. The highest BCUT2D eigenvalue weighted by Crippen LogP contribution is 2.90. The van der Waals surface area contributed by atoms with Crippen molar-refractivity contribution in [2.75, 3.05) is 33.3 Å². The maximum atomic E-state index is 2.76. The molecule has 0 radical (unpaired) electrons. The van der Waals surface area contributed by atoms with Gasteiger partial charge in [-0.05, 0) is 33.3 Å². The maximum absolute atomic E-state index is 2.76. The molecule has 0 unspecified atom stereocenters. The molecule has 7 heteroatoms. The van der Waals surface area contributed by atoms with Gasteiger partial charge in [0.1, 0.15) is 0 Å². The first kappa shape index (κ1) is 27.9. The summed E-state index contributed by atoms with van der Waals surface area (Å²) in [4.78, 5) is 0. The third-order valence-electron chi connectivity index (χ3n) is 5.38. The average molecular weight is 485 g/mol. The van der Waals surface area contributed by atoms with Crippen LogP contribution >= 0.6 is 20.4 Å². The lowest BCUT2D eigenvalue weighted by molar-refractivity contribution is 1.79. The van der Waals surface area contributed by atoms with E-state index in [9.17, 15) is 0 Å². The van der Waals surface area contributed by atoms with Gasteiger partial charge in [0, 0.05) is 0 Å². The quantitative estimate of drug-likeness (QED) is 0.262. The molecule has 0 heterocycles. The van der Waals surface area contributed by atoms with Crippen molar-refractivity contribution in [3.8, 4) is 0 Å². The molecule has 0 aliphatic rings. The standard InChI is InChI=1S/C19H51P3Si4/c1-20(21(2,3)18(23(6,7)8)24(9,10)11)22(4,5)19(25(12,13)14)26(15,16)17/h1-17H3. The van der Waals surface area contributed by atoms with E-state index < -0.39 is 45.4 Å². The van der Waals surface area contributed by atoms with Gasteiger partial charge in [-0.15, -0.1) is 0 Å². The van der Waals surface area contributed by atoms with Crippen LogP contribution in [0.25, 0.3) is 0 Å². The number of hydrogen-bond donors (Lipinski definition) is 0. The predicted octanol–water partition coefficient (Wildman–Crippen LogP) is 8.34. The maximum Gasteiger partial charge on any atom is 0.0687 e. The topological polar surface area (TPSA) is 0 Å². The van der Waals surface area contributed by atoms with Crippen molar-refractivity contribution in [3.05, 3.63) is 0 Å². The van der Waals surface area contributed by atoms with Crippen molar-refractivity contribution in [2.24, 2.45) is 0 Å². The third-order valence-corrected chi connectivity index (χ3v) is 60.1. The van der Waals surface area contributed by atoms with Crippen molar-refractivity contribution in [1.82, 2.24) is 0 Å². The van der Waals surface area contributed by atoms with E-state index in [1.54, 1.807) is 0 Å². The van der Waals surface area contributed by atoms with Gasteiger partial charge in [0.15, 0.2) is 0 Å². The molecule has 0 aliphatic heterocycles. The number of rotatable bonds is 6. The molecule has 0 spiro atoms. The summed E-state index contributed by atoms with van der Waals surface area (Å²) in [6, 6.07) is 0. The monoisotopic (exact) mass is 484 g/mol. The van der Waals surface area contributed by atoms with Crippen LogP contribution in [-0.2, 0) is 0 Å². The third kappa shape index (κ3) is 6.45. The van der Waals surface area contributed by atoms with E-state index in [-0.39, 0.29) is 7.30 Å². The van der Waals surface area contributed by atoms with Crippen molar-refractivity contribution in [1.29, 1.82) is 0 Å². The smallest absolute Gasteiger partial charge is 0.0687 e. The summed E-state index contributed by atoms with van der Waals surface area (Å²) in [6.45, 7) is 43.4. The van der Waals surface area contributed by atoms with Crippen molar-refractivity contribution >= 4 is 61.8 Å². The summed E-state index contributed by atoms with van der Waals surface area (Å²) in [5, 5.41) is 0. The Morgan fingerprint density at radius 2 is 0.615 bits per heavy atom. The van der Waals surface area contributed by atoms with Crippen LogP contribution in [0.1, 0.15) is 0 Å². The lowest BCUT2D eigenvalue weighted by Gasteiger charge is -2.48. The summed E-state index contributed by atoms with van der Waals surface area (Å²) in [5.41, 5.74) is 0. The van der Waals surface area contributed by atoms with E-state index in [0.717, 1.165) is 0 Å². The molecule has 0 saturated carbocycles. The minimum absolute atomic E-state index is 0.0841. The summed E-state index contributed by atoms with van der Waals surface area (Å²) in [6.07, 6.45) is 0. The Balaban J connectivity index is 7.25. The van der Waals surface area contributed by atoms with Crippen LogP contribution < -0.4 is 0 Å². The SMILES string of the molecule is CP(P(C)(C)=C([Si](C)(C)C)[Si](C)(C)C)P(C)(C)=C([Si](C)(C)C)[Si](C)(C)C. The Morgan fingerprint density at radius 3 is 0.731 bits per heavy atom. The van der Waals surface area contributed by atoms with Crippen LogP contribution in [0.2, 0.25) is 78.6 Å². The minimum Gasteiger partial charge on any atom is -0.0929 e. The first-order chi connectivity index (χ1) is 10.9. The molecule has 0 N–H and O–H groups in total. The molecule has 0 rings (SSSR count). The fourth-order valence-electron chi connectivity index (χ4n) is 6.38. The number of hydrogen-bond acceptors (Lipinski definition) is 0. The van der Waals surface area contributed by atoms with Crippen LogP contribution in [-0.4, -0.2) is 74.7 Å². The van der Waals surface area contributed by atoms with Gasteiger partial charge in [0.05, 0.1) is 32.3 Å². The van der Waals surface area contributed by atoms with E-state index in [1.807, 2.05) is 0 Å². The second-order valence-electron chi connectivity index (χ2n) is 13.0. The molecular weight excluding hydrogens is 433 g/mol. The zero-order valence-electron chi connectivity index (χ0n) is 21.3. The van der Waals surface area contributed by atoms with Gasteiger partial charge in [-0.2, -0.15) is 0 Å². The van der Waals surface area contributed by atoms with Crippen molar-refractivity contribution in [2.45, 2.75) is 78.6 Å². The Bertz CT molecular complexity index is 536. The van der Waals surface area contributed by atoms with Gasteiger partial charge in [-0.3, -0.25) is 0 Å². The zero-order chi connectivity index (χ0) is 21.7. The summed E-state index contributed by atoms with van der Waals surface area (Å²) < 4.78 is 4.31. The van der Waals surface area contributed by atoms with Gasteiger partial charge in [0.2, 0.25) is 0 Å². The van der Waals surface area contributed by atoms with Crippen molar-refractivity contribution in [3.63, 3.8) is 0 Å². The molecule has 26 heavy (non-hydrogen) atoms. The molecule has 0 fully saturated rings. The highest BCUT2D eigenvalue weighted by atomic mass is 32.5. The average Bonchev–Trinajstić information content (AvgIpc) is 2.16. The molecule has 0 bridgehead atoms. The van der Waals surface area contributed by atoms with E-state index in [1.165, 1.54) is 0 Å². The minimum atomic E-state index is -1.25. The molecule has 0 amide bonds. The largest absolute Gasteiger partial charge is 0.0929 e.